The van der Waals surface area contributed by atoms with Gasteiger partial charge in [0.1, 0.15) is 23.1 Å². The van der Waals surface area contributed by atoms with E-state index in [4.69, 9.17) is 13.9 Å². The van der Waals surface area contributed by atoms with E-state index in [2.05, 4.69) is 5.32 Å². The summed E-state index contributed by atoms with van der Waals surface area (Å²) in [4.78, 5) is 36.4. The third-order valence-electron chi connectivity index (χ3n) is 5.79. The first-order chi connectivity index (χ1) is 17.4. The monoisotopic (exact) mass is 487 g/mol. The van der Waals surface area contributed by atoms with E-state index in [1.54, 1.807) is 62.6 Å². The molecule has 0 aliphatic rings. The largest absolute Gasteiger partial charge is 0.497 e. The normalized spacial score (nSPS) is 11.6. The molecule has 0 bridgehead atoms. The number of carboxylic acids is 1. The molecule has 36 heavy (non-hydrogen) atoms. The number of benzene rings is 3. The molecule has 0 fully saturated rings. The second-order valence-electron chi connectivity index (χ2n) is 8.21. The molecule has 0 radical (unpaired) electrons. The van der Waals surface area contributed by atoms with Crippen molar-refractivity contribution in [3.8, 4) is 22.6 Å². The zero-order valence-electron chi connectivity index (χ0n) is 19.8. The Bertz CT molecular complexity index is 1440. The average molecular weight is 488 g/mol. The number of aliphatic carboxylic acids is 1. The minimum absolute atomic E-state index is 0.149. The second kappa shape index (κ2) is 10.8. The number of hydrogen-bond acceptors (Lipinski definition) is 6. The number of amides is 1. The quantitative estimate of drug-likeness (QED) is 0.343. The lowest BCUT2D eigenvalue weighted by molar-refractivity contribution is -0.142. The summed E-state index contributed by atoms with van der Waals surface area (Å²) in [5, 5.41) is 12.7. The predicted molar refractivity (Wildman–Crippen MR) is 134 cm³/mol. The summed E-state index contributed by atoms with van der Waals surface area (Å²) in [6, 6.07) is 20.1. The van der Waals surface area contributed by atoms with Gasteiger partial charge in [-0.3, -0.25) is 4.79 Å². The number of carboxylic acid groups (broad SMARTS) is 1. The summed E-state index contributed by atoms with van der Waals surface area (Å²) in [6.45, 7) is 1.33. The second-order valence-corrected chi connectivity index (χ2v) is 8.21. The predicted octanol–water partition coefficient (Wildman–Crippen LogP) is 3.97. The van der Waals surface area contributed by atoms with Crippen molar-refractivity contribution >= 4 is 22.8 Å². The van der Waals surface area contributed by atoms with Crippen molar-refractivity contribution < 1.29 is 28.6 Å². The summed E-state index contributed by atoms with van der Waals surface area (Å²) < 4.78 is 16.3. The fraction of sp³-hybridized carbons (Fsp3) is 0.179. The van der Waals surface area contributed by atoms with E-state index in [-0.39, 0.29) is 6.42 Å². The van der Waals surface area contributed by atoms with Crippen molar-refractivity contribution in [2.24, 2.45) is 0 Å². The molecule has 4 rings (SSSR count). The third-order valence-corrected chi connectivity index (χ3v) is 5.79. The molecule has 0 saturated carbocycles. The number of aryl methyl sites for hydroxylation is 1. The fourth-order valence-electron chi connectivity index (χ4n) is 3.94. The maximum absolute atomic E-state index is 12.5. The van der Waals surface area contributed by atoms with E-state index in [0.29, 0.717) is 33.6 Å². The average Bonchev–Trinajstić information content (AvgIpc) is 2.88. The summed E-state index contributed by atoms with van der Waals surface area (Å²) in [7, 11) is 1.58. The molecule has 3 aromatic carbocycles. The number of methoxy groups -OCH3 is 1. The van der Waals surface area contributed by atoms with Crippen LogP contribution in [0.25, 0.3) is 22.1 Å². The summed E-state index contributed by atoms with van der Waals surface area (Å²) in [6.07, 6.45) is 0.149. The van der Waals surface area contributed by atoms with Crippen LogP contribution < -0.4 is 20.4 Å². The number of hydrogen-bond donors (Lipinski definition) is 2. The van der Waals surface area contributed by atoms with Gasteiger partial charge >= 0.3 is 11.6 Å². The third kappa shape index (κ3) is 5.55. The Morgan fingerprint density at radius 2 is 1.75 bits per heavy atom. The van der Waals surface area contributed by atoms with Gasteiger partial charge in [0.15, 0.2) is 6.61 Å². The number of fused-ring (bicyclic) bond motifs is 1. The molecular weight excluding hydrogens is 462 g/mol. The topological polar surface area (TPSA) is 115 Å². The van der Waals surface area contributed by atoms with Gasteiger partial charge in [-0.05, 0) is 47.9 Å². The molecule has 184 valence electrons. The van der Waals surface area contributed by atoms with E-state index in [9.17, 15) is 19.5 Å². The number of carbonyl (C=O) groups is 2. The van der Waals surface area contributed by atoms with Crippen molar-refractivity contribution in [3.63, 3.8) is 0 Å². The minimum atomic E-state index is -1.14. The Kier molecular flexibility index (Phi) is 7.34. The summed E-state index contributed by atoms with van der Waals surface area (Å²) in [5.41, 5.74) is 2.68. The Balaban J connectivity index is 1.52. The van der Waals surface area contributed by atoms with Gasteiger partial charge in [-0.1, -0.05) is 42.5 Å². The van der Waals surface area contributed by atoms with Crippen LogP contribution in [0.4, 0.5) is 0 Å². The minimum Gasteiger partial charge on any atom is -0.497 e. The first-order valence-corrected chi connectivity index (χ1v) is 11.3. The van der Waals surface area contributed by atoms with E-state index in [0.717, 1.165) is 11.1 Å². The van der Waals surface area contributed by atoms with Gasteiger partial charge in [0.05, 0.1) is 7.11 Å². The van der Waals surface area contributed by atoms with Crippen molar-refractivity contribution in [3.05, 3.63) is 94.3 Å². The van der Waals surface area contributed by atoms with Crippen LogP contribution in [-0.4, -0.2) is 36.7 Å². The smallest absolute Gasteiger partial charge is 0.336 e. The number of ether oxygens (including phenoxy) is 2. The van der Waals surface area contributed by atoms with Crippen LogP contribution in [0.5, 0.6) is 11.5 Å². The highest BCUT2D eigenvalue weighted by atomic mass is 16.5. The lowest BCUT2D eigenvalue weighted by Gasteiger charge is -2.16. The molecule has 8 nitrogen and oxygen atoms in total. The van der Waals surface area contributed by atoms with Crippen LogP contribution in [0, 0.1) is 6.92 Å². The standard InChI is InChI=1S/C28H25NO7/c1-17-24(35-16-25(30)29-23(28(32)33)14-18-6-4-3-5-7-18)13-12-21-22(15-26(31)36-27(17)21)19-8-10-20(34-2)11-9-19/h3-13,15,23H,14,16H2,1-2H3,(H,29,30)(H,32,33)/t23-/m1/s1. The van der Waals surface area contributed by atoms with Gasteiger partial charge in [0.2, 0.25) is 0 Å². The Hall–Kier alpha value is -4.59. The molecule has 0 aliphatic heterocycles. The zero-order chi connectivity index (χ0) is 25.7. The van der Waals surface area contributed by atoms with Crippen molar-refractivity contribution in [2.75, 3.05) is 13.7 Å². The molecule has 2 N–H and O–H groups in total. The Morgan fingerprint density at radius 1 is 1.03 bits per heavy atom. The van der Waals surface area contributed by atoms with Crippen LogP contribution in [-0.2, 0) is 16.0 Å². The number of nitrogens with one attached hydrogen (secondary N) is 1. The number of rotatable bonds is 9. The van der Waals surface area contributed by atoms with E-state index in [1.165, 1.54) is 6.07 Å². The van der Waals surface area contributed by atoms with Crippen LogP contribution >= 0.6 is 0 Å². The lowest BCUT2D eigenvalue weighted by atomic mass is 10.00. The highest BCUT2D eigenvalue weighted by Crippen LogP contribution is 2.33. The molecule has 1 amide bonds. The maximum Gasteiger partial charge on any atom is 0.336 e. The highest BCUT2D eigenvalue weighted by Gasteiger charge is 2.21. The molecule has 0 aliphatic carbocycles. The van der Waals surface area contributed by atoms with Gasteiger partial charge < -0.3 is 24.3 Å². The molecule has 0 saturated heterocycles. The SMILES string of the molecule is COc1ccc(-c2cc(=O)oc3c(C)c(OCC(=O)N[C@H](Cc4ccccc4)C(=O)O)ccc23)cc1. The summed E-state index contributed by atoms with van der Waals surface area (Å²) in [5.74, 6) is -0.666. The molecule has 1 aromatic heterocycles. The molecule has 1 heterocycles. The number of carbonyl (C=O) groups excluding carboxylic acids is 1. The van der Waals surface area contributed by atoms with E-state index in [1.807, 2.05) is 18.2 Å². The molecule has 4 aromatic rings. The first kappa shape index (κ1) is 24.5. The van der Waals surface area contributed by atoms with Gasteiger partial charge in [-0.25, -0.2) is 9.59 Å². The van der Waals surface area contributed by atoms with Gasteiger partial charge in [-0.2, -0.15) is 0 Å². The molecule has 1 atom stereocenters. The van der Waals surface area contributed by atoms with Gasteiger partial charge in [0.25, 0.3) is 5.91 Å². The van der Waals surface area contributed by atoms with Gasteiger partial charge in [0, 0.05) is 23.4 Å². The van der Waals surface area contributed by atoms with E-state index < -0.39 is 30.2 Å². The fourth-order valence-corrected chi connectivity index (χ4v) is 3.94. The van der Waals surface area contributed by atoms with Crippen LogP contribution in [0.3, 0.4) is 0 Å². The van der Waals surface area contributed by atoms with Crippen LogP contribution in [0.2, 0.25) is 0 Å². The molecule has 8 heteroatoms. The van der Waals surface area contributed by atoms with Crippen LogP contribution in [0.1, 0.15) is 11.1 Å². The first-order valence-electron chi connectivity index (χ1n) is 11.3. The Labute approximate surface area is 207 Å². The lowest BCUT2D eigenvalue weighted by Crippen LogP contribution is -2.44. The summed E-state index contributed by atoms with van der Waals surface area (Å²) >= 11 is 0. The molecular formula is C28H25NO7. The zero-order valence-corrected chi connectivity index (χ0v) is 19.8. The molecule has 0 spiro atoms. The Morgan fingerprint density at radius 3 is 2.42 bits per heavy atom. The van der Waals surface area contributed by atoms with Gasteiger partial charge in [-0.15, -0.1) is 0 Å². The van der Waals surface area contributed by atoms with Crippen molar-refractivity contribution in [1.82, 2.24) is 5.32 Å². The van der Waals surface area contributed by atoms with Crippen LogP contribution in [0.15, 0.2) is 82.0 Å². The molecule has 0 unspecified atom stereocenters. The van der Waals surface area contributed by atoms with Crippen molar-refractivity contribution in [2.45, 2.75) is 19.4 Å². The highest BCUT2D eigenvalue weighted by molar-refractivity contribution is 5.95. The maximum atomic E-state index is 12.5. The van der Waals surface area contributed by atoms with Crippen molar-refractivity contribution in [1.29, 1.82) is 0 Å². The van der Waals surface area contributed by atoms with E-state index >= 15 is 0 Å².